The van der Waals surface area contributed by atoms with Gasteiger partial charge in [0.15, 0.2) is 6.04 Å². The predicted octanol–water partition coefficient (Wildman–Crippen LogP) is 4.04. The minimum atomic E-state index is -1.40. The number of carboxylic acids is 2. The Morgan fingerprint density at radius 2 is 1.50 bits per heavy atom. The largest absolute Gasteiger partial charge is 0.489 e. The van der Waals surface area contributed by atoms with E-state index in [2.05, 4.69) is 10.4 Å². The van der Waals surface area contributed by atoms with Crippen molar-refractivity contribution >= 4 is 23.5 Å². The van der Waals surface area contributed by atoms with Crippen LogP contribution in [0.25, 0.3) is 0 Å². The van der Waals surface area contributed by atoms with Gasteiger partial charge in [0.05, 0.1) is 6.42 Å². The van der Waals surface area contributed by atoms with E-state index in [4.69, 9.17) is 4.74 Å². The first-order valence-corrected chi connectivity index (χ1v) is 13.3. The Kier molecular flexibility index (Phi) is 9.73. The maximum absolute atomic E-state index is 13.1. The van der Waals surface area contributed by atoms with Crippen LogP contribution >= 0.6 is 0 Å². The summed E-state index contributed by atoms with van der Waals surface area (Å²) in [6, 6.07) is 25.9. The number of ether oxygens (including phenoxy) is 1. The van der Waals surface area contributed by atoms with E-state index in [1.807, 2.05) is 60.7 Å². The SMILES string of the molecule is CC(=O)N(Nc1c(CC(=O)O)cc(Cc2ccccc2)[nH]c1=O)[C@@H](Cc1ccc(OCc2ccccc2)cc1)C(=O)O. The van der Waals surface area contributed by atoms with Crippen LogP contribution in [0.5, 0.6) is 5.75 Å². The lowest BCUT2D eigenvalue weighted by Crippen LogP contribution is -2.49. The summed E-state index contributed by atoms with van der Waals surface area (Å²) in [7, 11) is 0. The first-order chi connectivity index (χ1) is 20.2. The van der Waals surface area contributed by atoms with Crippen LogP contribution < -0.4 is 15.7 Å². The van der Waals surface area contributed by atoms with Gasteiger partial charge in [0, 0.05) is 25.5 Å². The van der Waals surface area contributed by atoms with E-state index in [1.54, 1.807) is 24.3 Å². The third kappa shape index (κ3) is 8.07. The Morgan fingerprint density at radius 1 is 0.881 bits per heavy atom. The van der Waals surface area contributed by atoms with Gasteiger partial charge in [-0.05, 0) is 40.5 Å². The first kappa shape index (κ1) is 29.6. The summed E-state index contributed by atoms with van der Waals surface area (Å²) in [5.74, 6) is -2.57. The molecule has 0 aliphatic heterocycles. The van der Waals surface area contributed by atoms with Crippen molar-refractivity contribution in [3.8, 4) is 5.75 Å². The molecule has 1 atom stereocenters. The zero-order valence-electron chi connectivity index (χ0n) is 22.9. The molecule has 4 N–H and O–H groups in total. The third-order valence-corrected chi connectivity index (χ3v) is 6.52. The van der Waals surface area contributed by atoms with Crippen LogP contribution in [0.3, 0.4) is 0 Å². The fraction of sp³-hybridized carbons (Fsp3) is 0.188. The van der Waals surface area contributed by atoms with Gasteiger partial charge in [-0.1, -0.05) is 72.8 Å². The highest BCUT2D eigenvalue weighted by Gasteiger charge is 2.30. The molecule has 3 aromatic carbocycles. The minimum Gasteiger partial charge on any atom is -0.489 e. The zero-order chi connectivity index (χ0) is 30.1. The highest BCUT2D eigenvalue weighted by atomic mass is 16.5. The molecule has 10 heteroatoms. The number of nitrogens with zero attached hydrogens (tertiary/aromatic N) is 1. The van der Waals surface area contributed by atoms with Crippen molar-refractivity contribution in [1.82, 2.24) is 9.99 Å². The van der Waals surface area contributed by atoms with Crippen LogP contribution in [0.4, 0.5) is 5.69 Å². The van der Waals surface area contributed by atoms with Crippen LogP contribution in [0.15, 0.2) is 95.8 Å². The number of nitrogens with one attached hydrogen (secondary N) is 2. The van der Waals surface area contributed by atoms with Crippen molar-refractivity contribution in [2.75, 3.05) is 5.43 Å². The number of amides is 1. The predicted molar refractivity (Wildman–Crippen MR) is 156 cm³/mol. The summed E-state index contributed by atoms with van der Waals surface area (Å²) in [6.07, 6.45) is -0.247. The molecule has 1 aromatic heterocycles. The Bertz CT molecular complexity index is 1590. The normalized spacial score (nSPS) is 11.4. The lowest BCUT2D eigenvalue weighted by Gasteiger charge is -2.29. The topological polar surface area (TPSA) is 149 Å². The number of anilines is 1. The van der Waals surface area contributed by atoms with E-state index in [-0.39, 0.29) is 17.7 Å². The second-order valence-electron chi connectivity index (χ2n) is 9.73. The van der Waals surface area contributed by atoms with Crippen LogP contribution in [0.1, 0.15) is 34.9 Å². The summed E-state index contributed by atoms with van der Waals surface area (Å²) in [6.45, 7) is 1.54. The van der Waals surface area contributed by atoms with E-state index >= 15 is 0 Å². The second kappa shape index (κ2) is 13.8. The fourth-order valence-corrected chi connectivity index (χ4v) is 4.48. The van der Waals surface area contributed by atoms with Gasteiger partial charge in [-0.25, -0.2) is 9.80 Å². The summed E-state index contributed by atoms with van der Waals surface area (Å²) >= 11 is 0. The van der Waals surface area contributed by atoms with Crippen molar-refractivity contribution in [3.05, 3.63) is 129 Å². The van der Waals surface area contributed by atoms with Gasteiger partial charge in [-0.15, -0.1) is 0 Å². The number of H-pyrrole nitrogens is 1. The van der Waals surface area contributed by atoms with E-state index in [9.17, 15) is 29.4 Å². The molecule has 10 nitrogen and oxygen atoms in total. The van der Waals surface area contributed by atoms with Gasteiger partial charge in [-0.3, -0.25) is 19.8 Å². The van der Waals surface area contributed by atoms with Gasteiger partial charge in [0.25, 0.3) is 5.56 Å². The molecule has 42 heavy (non-hydrogen) atoms. The van der Waals surface area contributed by atoms with Crippen LogP contribution in [0, 0.1) is 0 Å². The standard InChI is InChI=1S/C32H31N3O7/c1-21(36)35(28(32(40)41)17-23-12-14-27(15-13-23)42-20-24-10-6-3-7-11-24)34-30-25(19-29(37)38)18-26(33-31(30)39)16-22-8-4-2-5-9-22/h2-15,18,28,34H,16-17,19-20H2,1H3,(H,33,39)(H,37,38)(H,40,41)/t28-/m0/s1. The highest BCUT2D eigenvalue weighted by molar-refractivity contribution is 5.84. The number of aromatic amines is 1. The molecule has 216 valence electrons. The molecule has 0 bridgehead atoms. The molecule has 0 radical (unpaired) electrons. The molecule has 4 rings (SSSR count). The average Bonchev–Trinajstić information content (AvgIpc) is 2.96. The quantitative estimate of drug-likeness (QED) is 0.176. The van der Waals surface area contributed by atoms with Crippen LogP contribution in [-0.4, -0.2) is 44.1 Å². The maximum atomic E-state index is 13.1. The summed E-state index contributed by atoms with van der Waals surface area (Å²) < 4.78 is 5.79. The van der Waals surface area contributed by atoms with E-state index in [0.29, 0.717) is 30.0 Å². The number of aliphatic carboxylic acids is 2. The molecule has 1 amide bonds. The Hall–Kier alpha value is -5.38. The molecule has 0 aliphatic rings. The number of rotatable bonds is 13. The first-order valence-electron chi connectivity index (χ1n) is 13.3. The lowest BCUT2D eigenvalue weighted by atomic mass is 10.0. The number of carbonyl (C=O) groups is 3. The second-order valence-corrected chi connectivity index (χ2v) is 9.73. The number of carboxylic acid groups (broad SMARTS) is 2. The number of hydrogen-bond acceptors (Lipinski definition) is 6. The van der Waals surface area contributed by atoms with E-state index in [1.165, 1.54) is 6.07 Å². The fourth-order valence-electron chi connectivity index (χ4n) is 4.48. The minimum absolute atomic E-state index is 0.0842. The van der Waals surface area contributed by atoms with Gasteiger partial charge < -0.3 is 19.9 Å². The molecule has 0 saturated carbocycles. The number of aromatic nitrogens is 1. The lowest BCUT2D eigenvalue weighted by molar-refractivity contribution is -0.148. The highest BCUT2D eigenvalue weighted by Crippen LogP contribution is 2.20. The van der Waals surface area contributed by atoms with Crippen molar-refractivity contribution < 1.29 is 29.3 Å². The zero-order valence-corrected chi connectivity index (χ0v) is 22.9. The molecular weight excluding hydrogens is 538 g/mol. The Morgan fingerprint density at radius 3 is 2.07 bits per heavy atom. The Labute approximate surface area is 242 Å². The molecular formula is C32H31N3O7. The van der Waals surface area contributed by atoms with Gasteiger partial charge >= 0.3 is 11.9 Å². The van der Waals surface area contributed by atoms with Gasteiger partial charge in [-0.2, -0.15) is 0 Å². The van der Waals surface area contributed by atoms with Crippen molar-refractivity contribution in [1.29, 1.82) is 0 Å². The van der Waals surface area contributed by atoms with Gasteiger partial charge in [0.2, 0.25) is 5.91 Å². The molecule has 4 aromatic rings. The van der Waals surface area contributed by atoms with E-state index < -0.39 is 35.9 Å². The van der Waals surface area contributed by atoms with Crippen molar-refractivity contribution in [3.63, 3.8) is 0 Å². The molecule has 0 fully saturated rings. The third-order valence-electron chi connectivity index (χ3n) is 6.52. The smallest absolute Gasteiger partial charge is 0.328 e. The van der Waals surface area contributed by atoms with Crippen LogP contribution in [0.2, 0.25) is 0 Å². The average molecular weight is 570 g/mol. The van der Waals surface area contributed by atoms with Crippen molar-refractivity contribution in [2.24, 2.45) is 0 Å². The van der Waals surface area contributed by atoms with E-state index in [0.717, 1.165) is 23.1 Å². The molecule has 0 aliphatic carbocycles. The number of benzene rings is 3. The maximum Gasteiger partial charge on any atom is 0.328 e. The number of hydrazine groups is 1. The van der Waals surface area contributed by atoms with Crippen LogP contribution in [-0.2, 0) is 40.3 Å². The summed E-state index contributed by atoms with van der Waals surface area (Å²) in [5, 5.41) is 20.4. The molecule has 0 unspecified atom stereocenters. The van der Waals surface area contributed by atoms with Crippen molar-refractivity contribution in [2.45, 2.75) is 38.8 Å². The molecule has 0 spiro atoms. The van der Waals surface area contributed by atoms with Gasteiger partial charge in [0.1, 0.15) is 18.0 Å². The molecule has 1 heterocycles. The molecule has 0 saturated heterocycles. The summed E-state index contributed by atoms with van der Waals surface area (Å²) in [4.78, 5) is 52.5. The Balaban J connectivity index is 1.55. The number of carbonyl (C=O) groups excluding carboxylic acids is 1. The monoisotopic (exact) mass is 569 g/mol. The summed E-state index contributed by atoms with van der Waals surface area (Å²) in [5.41, 5.74) is 4.87. The number of pyridine rings is 1. The number of hydrogen-bond donors (Lipinski definition) is 4.